The summed E-state index contributed by atoms with van der Waals surface area (Å²) in [6, 6.07) is 11.9. The summed E-state index contributed by atoms with van der Waals surface area (Å²) in [5.74, 6) is 0.835. The number of hydrogen-bond acceptors (Lipinski definition) is 4. The monoisotopic (exact) mass is 229 g/mol. The van der Waals surface area contributed by atoms with E-state index in [9.17, 15) is 0 Å². The highest BCUT2D eigenvalue weighted by Gasteiger charge is 2.13. The third-order valence-electron chi connectivity index (χ3n) is 2.60. The standard InChI is InChI=1S/C13H15N3O/c14-7-6-13(16-8-10-17-11-9-16)15-12-4-2-1-3-5-12/h1-6,15H,8-11H2. The molecule has 4 heteroatoms. The molecule has 1 aliphatic rings. The van der Waals surface area contributed by atoms with Gasteiger partial charge < -0.3 is 15.0 Å². The van der Waals surface area contributed by atoms with E-state index in [0.29, 0.717) is 13.2 Å². The summed E-state index contributed by atoms with van der Waals surface area (Å²) in [6.07, 6.45) is 1.54. The molecule has 17 heavy (non-hydrogen) atoms. The Bertz CT molecular complexity index is 416. The molecule has 0 aromatic heterocycles. The smallest absolute Gasteiger partial charge is 0.117 e. The molecule has 1 saturated heterocycles. The number of hydrogen-bond donors (Lipinski definition) is 1. The van der Waals surface area contributed by atoms with Gasteiger partial charge in [0.2, 0.25) is 0 Å². The number of allylic oxidation sites excluding steroid dienone is 1. The topological polar surface area (TPSA) is 48.3 Å². The second-order valence-corrected chi connectivity index (χ2v) is 3.75. The van der Waals surface area contributed by atoms with E-state index in [1.54, 1.807) is 6.08 Å². The molecule has 2 rings (SSSR count). The summed E-state index contributed by atoms with van der Waals surface area (Å²) in [4.78, 5) is 2.12. The van der Waals surface area contributed by atoms with E-state index >= 15 is 0 Å². The average Bonchev–Trinajstić information content (AvgIpc) is 2.40. The summed E-state index contributed by atoms with van der Waals surface area (Å²) in [5.41, 5.74) is 0.987. The van der Waals surface area contributed by atoms with E-state index in [-0.39, 0.29) is 0 Å². The molecule has 4 nitrogen and oxygen atoms in total. The van der Waals surface area contributed by atoms with Crippen molar-refractivity contribution in [1.82, 2.24) is 4.90 Å². The maximum Gasteiger partial charge on any atom is 0.117 e. The van der Waals surface area contributed by atoms with Crippen molar-refractivity contribution in [3.05, 3.63) is 42.2 Å². The molecular weight excluding hydrogens is 214 g/mol. The highest BCUT2D eigenvalue weighted by atomic mass is 16.5. The minimum atomic E-state index is 0.708. The van der Waals surface area contributed by atoms with Crippen LogP contribution in [-0.4, -0.2) is 31.2 Å². The second-order valence-electron chi connectivity index (χ2n) is 3.75. The van der Waals surface area contributed by atoms with Gasteiger partial charge in [-0.05, 0) is 12.1 Å². The van der Waals surface area contributed by atoms with Crippen LogP contribution in [0.2, 0.25) is 0 Å². The highest BCUT2D eigenvalue weighted by Crippen LogP contribution is 2.13. The van der Waals surface area contributed by atoms with Gasteiger partial charge in [0.15, 0.2) is 0 Å². The van der Waals surface area contributed by atoms with Crippen molar-refractivity contribution in [3.8, 4) is 6.07 Å². The second kappa shape index (κ2) is 5.92. The number of nitrogens with one attached hydrogen (secondary N) is 1. The highest BCUT2D eigenvalue weighted by molar-refractivity contribution is 5.48. The third-order valence-corrected chi connectivity index (χ3v) is 2.60. The SMILES string of the molecule is N#CC=C(Nc1ccccc1)N1CCOCC1. The van der Waals surface area contributed by atoms with Crippen LogP contribution in [0.4, 0.5) is 5.69 Å². The van der Waals surface area contributed by atoms with Crippen molar-refractivity contribution < 1.29 is 4.74 Å². The van der Waals surface area contributed by atoms with Crippen LogP contribution < -0.4 is 5.32 Å². The first-order chi connectivity index (χ1) is 8.40. The summed E-state index contributed by atoms with van der Waals surface area (Å²) >= 11 is 0. The van der Waals surface area contributed by atoms with Crippen molar-refractivity contribution in [1.29, 1.82) is 5.26 Å². The Hall–Kier alpha value is -1.99. The fraction of sp³-hybridized carbons (Fsp3) is 0.308. The van der Waals surface area contributed by atoms with Crippen molar-refractivity contribution in [3.63, 3.8) is 0 Å². The van der Waals surface area contributed by atoms with Gasteiger partial charge in [-0.25, -0.2) is 0 Å². The molecular formula is C13H15N3O. The molecule has 0 unspecified atom stereocenters. The molecule has 0 atom stereocenters. The first-order valence-corrected chi connectivity index (χ1v) is 5.65. The van der Waals surface area contributed by atoms with Gasteiger partial charge in [-0.2, -0.15) is 5.26 Å². The van der Waals surface area contributed by atoms with Crippen LogP contribution in [0.15, 0.2) is 42.2 Å². The third kappa shape index (κ3) is 3.23. The summed E-state index contributed by atoms with van der Waals surface area (Å²) in [7, 11) is 0. The molecule has 1 aromatic rings. The van der Waals surface area contributed by atoms with Crippen LogP contribution in [0, 0.1) is 11.3 Å². The Morgan fingerprint density at radius 1 is 1.29 bits per heavy atom. The number of para-hydroxylation sites is 1. The zero-order chi connectivity index (χ0) is 11.9. The molecule has 88 valence electrons. The van der Waals surface area contributed by atoms with Gasteiger partial charge >= 0.3 is 0 Å². The van der Waals surface area contributed by atoms with Gasteiger partial charge in [0.1, 0.15) is 5.82 Å². The Labute approximate surface area is 101 Å². The lowest BCUT2D eigenvalue weighted by Gasteiger charge is -2.31. The predicted octanol–water partition coefficient (Wildman–Crippen LogP) is 1.80. The predicted molar refractivity (Wildman–Crippen MR) is 66.2 cm³/mol. The lowest BCUT2D eigenvalue weighted by molar-refractivity contribution is 0.0543. The molecule has 0 amide bonds. The number of ether oxygens (including phenoxy) is 1. The van der Waals surface area contributed by atoms with E-state index < -0.39 is 0 Å². The van der Waals surface area contributed by atoms with E-state index in [1.165, 1.54) is 0 Å². The Morgan fingerprint density at radius 3 is 2.65 bits per heavy atom. The molecule has 1 heterocycles. The summed E-state index contributed by atoms with van der Waals surface area (Å²) in [6.45, 7) is 3.04. The number of morpholine rings is 1. The van der Waals surface area contributed by atoms with Crippen LogP contribution in [0.5, 0.6) is 0 Å². The fourth-order valence-electron chi connectivity index (χ4n) is 1.74. The first-order valence-electron chi connectivity index (χ1n) is 5.65. The average molecular weight is 229 g/mol. The van der Waals surface area contributed by atoms with Crippen molar-refractivity contribution in [2.24, 2.45) is 0 Å². The van der Waals surface area contributed by atoms with E-state index in [1.807, 2.05) is 30.3 Å². The number of benzene rings is 1. The zero-order valence-electron chi connectivity index (χ0n) is 9.60. The van der Waals surface area contributed by atoms with E-state index in [4.69, 9.17) is 10.00 Å². The lowest BCUT2D eigenvalue weighted by atomic mass is 10.3. The first kappa shape index (κ1) is 11.5. The van der Waals surface area contributed by atoms with Gasteiger partial charge in [0, 0.05) is 18.8 Å². The van der Waals surface area contributed by atoms with Crippen LogP contribution >= 0.6 is 0 Å². The van der Waals surface area contributed by atoms with Crippen molar-refractivity contribution in [2.75, 3.05) is 31.6 Å². The van der Waals surface area contributed by atoms with Crippen LogP contribution in [-0.2, 0) is 4.74 Å². The number of anilines is 1. The van der Waals surface area contributed by atoms with Gasteiger partial charge in [0.05, 0.1) is 25.4 Å². The summed E-state index contributed by atoms with van der Waals surface area (Å²) in [5, 5.41) is 12.1. The zero-order valence-corrected chi connectivity index (χ0v) is 9.60. The van der Waals surface area contributed by atoms with Gasteiger partial charge in [-0.15, -0.1) is 0 Å². The quantitative estimate of drug-likeness (QED) is 0.803. The Balaban J connectivity index is 2.08. The molecule has 1 aliphatic heterocycles. The molecule has 1 aromatic carbocycles. The minimum absolute atomic E-state index is 0.708. The van der Waals surface area contributed by atoms with Crippen LogP contribution in [0.25, 0.3) is 0 Å². The van der Waals surface area contributed by atoms with E-state index in [0.717, 1.165) is 24.6 Å². The van der Waals surface area contributed by atoms with Crippen LogP contribution in [0.1, 0.15) is 0 Å². The maximum atomic E-state index is 8.82. The Morgan fingerprint density at radius 2 is 2.00 bits per heavy atom. The van der Waals surface area contributed by atoms with Gasteiger partial charge in [-0.1, -0.05) is 18.2 Å². The molecule has 0 radical (unpaired) electrons. The Kier molecular flexibility index (Phi) is 4.00. The fourth-order valence-corrected chi connectivity index (χ4v) is 1.74. The van der Waals surface area contributed by atoms with Gasteiger partial charge in [-0.3, -0.25) is 0 Å². The molecule has 1 N–H and O–H groups in total. The normalized spacial score (nSPS) is 16.4. The van der Waals surface area contributed by atoms with Crippen molar-refractivity contribution in [2.45, 2.75) is 0 Å². The molecule has 1 fully saturated rings. The molecule has 0 aliphatic carbocycles. The maximum absolute atomic E-state index is 8.82. The molecule has 0 bridgehead atoms. The van der Waals surface area contributed by atoms with Gasteiger partial charge in [0.25, 0.3) is 0 Å². The number of rotatable bonds is 3. The summed E-state index contributed by atoms with van der Waals surface area (Å²) < 4.78 is 5.30. The number of nitrogens with zero attached hydrogens (tertiary/aromatic N) is 2. The van der Waals surface area contributed by atoms with Crippen LogP contribution in [0.3, 0.4) is 0 Å². The lowest BCUT2D eigenvalue weighted by Crippen LogP contribution is -2.37. The number of nitriles is 1. The minimum Gasteiger partial charge on any atom is -0.378 e. The largest absolute Gasteiger partial charge is 0.378 e. The molecule has 0 spiro atoms. The molecule has 0 saturated carbocycles. The van der Waals surface area contributed by atoms with Crippen molar-refractivity contribution >= 4 is 5.69 Å². The van der Waals surface area contributed by atoms with E-state index in [2.05, 4.69) is 16.3 Å².